The van der Waals surface area contributed by atoms with Gasteiger partial charge in [-0.2, -0.15) is 5.06 Å². The number of hydrogen-bond donors (Lipinski definition) is 1. The lowest BCUT2D eigenvalue weighted by atomic mass is 9.87. The van der Waals surface area contributed by atoms with E-state index in [2.05, 4.69) is 76.2 Å². The molecule has 1 aliphatic heterocycles. The van der Waals surface area contributed by atoms with Crippen molar-refractivity contribution in [3.8, 4) is 0 Å². The van der Waals surface area contributed by atoms with Gasteiger partial charge in [0.1, 0.15) is 0 Å². The lowest BCUT2D eigenvalue weighted by Gasteiger charge is -2.34. The fourth-order valence-electron chi connectivity index (χ4n) is 3.99. The van der Waals surface area contributed by atoms with E-state index in [0.717, 1.165) is 0 Å². The third-order valence-corrected chi connectivity index (χ3v) is 5.26. The molecule has 0 radical (unpaired) electrons. The van der Waals surface area contributed by atoms with Crippen molar-refractivity contribution >= 4 is 21.5 Å². The van der Waals surface area contributed by atoms with E-state index in [1.54, 1.807) is 0 Å². The molecular formula is C20H21NO. The first-order valence-corrected chi connectivity index (χ1v) is 7.79. The van der Waals surface area contributed by atoms with Gasteiger partial charge in [-0.05, 0) is 72.5 Å². The molecule has 0 amide bonds. The average Bonchev–Trinajstić information content (AvgIpc) is 2.64. The van der Waals surface area contributed by atoms with Crippen LogP contribution in [0, 0.1) is 0 Å². The standard InChI is InChI=1S/C20H21NO/c1-19(2)17-11-14-10-9-13-7-5-6-8-15(13)16(14)12-18(17)20(3,4)21(19)22/h5-12,22H,1-4H3. The first-order chi connectivity index (χ1) is 10.3. The Kier molecular flexibility index (Phi) is 2.56. The molecule has 3 aromatic carbocycles. The van der Waals surface area contributed by atoms with Gasteiger partial charge in [0.05, 0.1) is 11.1 Å². The normalized spacial score (nSPS) is 19.7. The summed E-state index contributed by atoms with van der Waals surface area (Å²) in [6, 6.07) is 17.4. The second kappa shape index (κ2) is 4.09. The molecule has 2 nitrogen and oxygen atoms in total. The van der Waals surface area contributed by atoms with Crippen molar-refractivity contribution in [2.75, 3.05) is 0 Å². The van der Waals surface area contributed by atoms with Crippen LogP contribution in [0.5, 0.6) is 0 Å². The highest BCUT2D eigenvalue weighted by Gasteiger charge is 2.48. The van der Waals surface area contributed by atoms with Gasteiger partial charge >= 0.3 is 0 Å². The van der Waals surface area contributed by atoms with E-state index in [1.165, 1.54) is 37.7 Å². The molecule has 1 aliphatic rings. The van der Waals surface area contributed by atoms with Crippen LogP contribution in [-0.2, 0) is 11.1 Å². The number of nitrogens with zero attached hydrogens (tertiary/aromatic N) is 1. The molecule has 0 bridgehead atoms. The number of hydroxylamine groups is 2. The molecular weight excluding hydrogens is 270 g/mol. The Morgan fingerprint density at radius 3 is 2.05 bits per heavy atom. The van der Waals surface area contributed by atoms with Gasteiger partial charge < -0.3 is 5.21 Å². The molecule has 0 atom stereocenters. The summed E-state index contributed by atoms with van der Waals surface area (Å²) in [4.78, 5) is 0. The summed E-state index contributed by atoms with van der Waals surface area (Å²) in [5, 5.41) is 17.2. The first-order valence-electron chi connectivity index (χ1n) is 7.79. The van der Waals surface area contributed by atoms with Crippen molar-refractivity contribution in [3.63, 3.8) is 0 Å². The highest BCUT2D eigenvalue weighted by atomic mass is 16.5. The average molecular weight is 291 g/mol. The van der Waals surface area contributed by atoms with E-state index in [4.69, 9.17) is 0 Å². The number of benzene rings is 3. The van der Waals surface area contributed by atoms with Gasteiger partial charge in [0, 0.05) is 0 Å². The third-order valence-electron chi connectivity index (χ3n) is 5.26. The number of fused-ring (bicyclic) bond motifs is 4. The van der Waals surface area contributed by atoms with Gasteiger partial charge in [0.25, 0.3) is 0 Å². The Bertz CT molecular complexity index is 908. The fourth-order valence-corrected chi connectivity index (χ4v) is 3.99. The maximum absolute atomic E-state index is 10.7. The number of rotatable bonds is 0. The van der Waals surface area contributed by atoms with Crippen LogP contribution in [0.15, 0.2) is 48.5 Å². The van der Waals surface area contributed by atoms with E-state index in [0.29, 0.717) is 0 Å². The molecule has 0 unspecified atom stereocenters. The van der Waals surface area contributed by atoms with E-state index < -0.39 is 0 Å². The topological polar surface area (TPSA) is 23.5 Å². The predicted molar refractivity (Wildman–Crippen MR) is 91.1 cm³/mol. The highest BCUT2D eigenvalue weighted by molar-refractivity contribution is 6.08. The van der Waals surface area contributed by atoms with Gasteiger partial charge in [-0.15, -0.1) is 0 Å². The lowest BCUT2D eigenvalue weighted by Crippen LogP contribution is -2.42. The van der Waals surface area contributed by atoms with Gasteiger partial charge in [-0.1, -0.05) is 36.4 Å². The summed E-state index contributed by atoms with van der Waals surface area (Å²) in [5.41, 5.74) is 1.66. The molecule has 1 heterocycles. The Morgan fingerprint density at radius 2 is 1.32 bits per heavy atom. The monoisotopic (exact) mass is 291 g/mol. The van der Waals surface area contributed by atoms with E-state index in [-0.39, 0.29) is 11.1 Å². The van der Waals surface area contributed by atoms with Crippen molar-refractivity contribution in [2.24, 2.45) is 0 Å². The summed E-state index contributed by atoms with van der Waals surface area (Å²) < 4.78 is 0. The van der Waals surface area contributed by atoms with E-state index >= 15 is 0 Å². The summed E-state index contributed by atoms with van der Waals surface area (Å²) in [6.45, 7) is 8.32. The van der Waals surface area contributed by atoms with E-state index in [1.807, 2.05) is 0 Å². The van der Waals surface area contributed by atoms with Crippen molar-refractivity contribution in [1.29, 1.82) is 0 Å². The van der Waals surface area contributed by atoms with Crippen molar-refractivity contribution in [1.82, 2.24) is 5.06 Å². The molecule has 2 heteroatoms. The fraction of sp³-hybridized carbons (Fsp3) is 0.300. The second-order valence-corrected chi connectivity index (χ2v) is 7.34. The molecule has 3 aromatic rings. The predicted octanol–water partition coefficient (Wildman–Crippen LogP) is 5.17. The largest absolute Gasteiger partial charge is 0.312 e. The van der Waals surface area contributed by atoms with Crippen LogP contribution in [0.4, 0.5) is 0 Å². The minimum Gasteiger partial charge on any atom is -0.312 e. The number of hydrogen-bond acceptors (Lipinski definition) is 2. The third kappa shape index (κ3) is 1.57. The van der Waals surface area contributed by atoms with Gasteiger partial charge in [-0.3, -0.25) is 0 Å². The van der Waals surface area contributed by atoms with Crippen LogP contribution in [0.3, 0.4) is 0 Å². The maximum atomic E-state index is 10.7. The van der Waals surface area contributed by atoms with Crippen LogP contribution in [0.1, 0.15) is 38.8 Å². The molecule has 112 valence electrons. The minimum atomic E-state index is -0.385. The molecule has 0 aliphatic carbocycles. The summed E-state index contributed by atoms with van der Waals surface area (Å²) in [6.07, 6.45) is 0. The molecule has 0 saturated carbocycles. The Morgan fingerprint density at radius 1 is 0.727 bits per heavy atom. The smallest absolute Gasteiger partial charge is 0.0666 e. The molecule has 0 fully saturated rings. The molecule has 4 rings (SSSR count). The zero-order chi connectivity index (χ0) is 15.7. The molecule has 0 spiro atoms. The zero-order valence-electron chi connectivity index (χ0n) is 13.5. The van der Waals surface area contributed by atoms with Crippen LogP contribution < -0.4 is 0 Å². The van der Waals surface area contributed by atoms with Crippen molar-refractivity contribution < 1.29 is 5.21 Å². The summed E-state index contributed by atoms with van der Waals surface area (Å²) in [7, 11) is 0. The van der Waals surface area contributed by atoms with Crippen LogP contribution >= 0.6 is 0 Å². The Labute approximate surface area is 130 Å². The minimum absolute atomic E-state index is 0.376. The second-order valence-electron chi connectivity index (χ2n) is 7.34. The maximum Gasteiger partial charge on any atom is 0.0666 e. The van der Waals surface area contributed by atoms with Crippen molar-refractivity contribution in [3.05, 3.63) is 59.7 Å². The zero-order valence-corrected chi connectivity index (χ0v) is 13.5. The lowest BCUT2D eigenvalue weighted by molar-refractivity contribution is -0.216. The van der Waals surface area contributed by atoms with Crippen LogP contribution in [0.25, 0.3) is 21.5 Å². The van der Waals surface area contributed by atoms with E-state index in [9.17, 15) is 5.21 Å². The van der Waals surface area contributed by atoms with Gasteiger partial charge in [0.15, 0.2) is 0 Å². The highest BCUT2D eigenvalue weighted by Crippen LogP contribution is 2.49. The Hall–Kier alpha value is -1.90. The van der Waals surface area contributed by atoms with Crippen LogP contribution in [0.2, 0.25) is 0 Å². The van der Waals surface area contributed by atoms with Gasteiger partial charge in [0.2, 0.25) is 0 Å². The summed E-state index contributed by atoms with van der Waals surface area (Å²) in [5.74, 6) is 0. The first kappa shape index (κ1) is 13.7. The Balaban J connectivity index is 2.15. The van der Waals surface area contributed by atoms with Crippen molar-refractivity contribution in [2.45, 2.75) is 38.8 Å². The molecule has 0 aromatic heterocycles. The quantitative estimate of drug-likeness (QED) is 0.578. The summed E-state index contributed by atoms with van der Waals surface area (Å²) >= 11 is 0. The molecule has 0 saturated heterocycles. The molecule has 1 N–H and O–H groups in total. The van der Waals surface area contributed by atoms with Crippen LogP contribution in [-0.4, -0.2) is 10.3 Å². The molecule has 22 heavy (non-hydrogen) atoms. The van der Waals surface area contributed by atoms with Gasteiger partial charge in [-0.25, -0.2) is 0 Å². The SMILES string of the molecule is CC1(C)c2cc3ccc4ccccc4c3cc2C(C)(C)N1O.